The maximum absolute atomic E-state index is 13.3. The van der Waals surface area contributed by atoms with Crippen molar-refractivity contribution in [1.82, 2.24) is 5.32 Å². The number of halogens is 2. The van der Waals surface area contributed by atoms with Gasteiger partial charge in [0.2, 0.25) is 0 Å². The zero-order valence-corrected chi connectivity index (χ0v) is 23.5. The van der Waals surface area contributed by atoms with Crippen LogP contribution in [-0.4, -0.2) is 44.1 Å². The lowest BCUT2D eigenvalue weighted by atomic mass is 10.1. The van der Waals surface area contributed by atoms with Crippen molar-refractivity contribution < 1.29 is 33.4 Å². The molecule has 2 N–H and O–H groups in total. The predicted octanol–water partition coefficient (Wildman–Crippen LogP) is 5.47. The van der Waals surface area contributed by atoms with Gasteiger partial charge in [0, 0.05) is 6.07 Å². The molecular weight excluding hydrogens is 573 g/mol. The number of benzene rings is 3. The quantitative estimate of drug-likeness (QED) is 0.234. The summed E-state index contributed by atoms with van der Waals surface area (Å²) in [4.78, 5) is 51.6. The van der Waals surface area contributed by atoms with E-state index in [9.17, 15) is 19.2 Å². The summed E-state index contributed by atoms with van der Waals surface area (Å²) in [5.74, 6) is -1.17. The number of rotatable bonds is 10. The van der Waals surface area contributed by atoms with Crippen molar-refractivity contribution in [3.05, 3.63) is 81.8 Å². The fourth-order valence-electron chi connectivity index (χ4n) is 3.80. The van der Waals surface area contributed by atoms with Gasteiger partial charge in [0.15, 0.2) is 18.1 Å². The van der Waals surface area contributed by atoms with Crippen LogP contribution in [0, 0.1) is 0 Å². The number of anilines is 2. The number of barbiturate groups is 1. The second-order valence-electron chi connectivity index (χ2n) is 8.65. The van der Waals surface area contributed by atoms with E-state index >= 15 is 0 Å². The first-order valence-electron chi connectivity index (χ1n) is 12.4. The molecule has 0 aliphatic carbocycles. The van der Waals surface area contributed by atoms with E-state index in [1.165, 1.54) is 37.5 Å². The predicted molar refractivity (Wildman–Crippen MR) is 155 cm³/mol. The van der Waals surface area contributed by atoms with E-state index in [0.29, 0.717) is 34.4 Å². The number of nitrogens with zero attached hydrogens (tertiary/aromatic N) is 1. The zero-order chi connectivity index (χ0) is 29.5. The standard InChI is InChI=1S/C29H25Cl2N3O7/c1-3-12-40-24-11-9-18(15-25(24)39-2)34-28(37)19(27(36)33-29(34)38)13-17-8-10-23(21(31)14-17)41-16-26(35)32-22-7-5-4-6-20(22)30/h4-11,13-15H,3,12,16H2,1-2H3,(H,32,35)(H,33,36,38)/b19-13-. The molecule has 0 radical (unpaired) electrons. The Balaban J connectivity index is 1.50. The third-order valence-corrected chi connectivity index (χ3v) is 6.37. The number of carbonyl (C=O) groups excluding carboxylic acids is 4. The summed E-state index contributed by atoms with van der Waals surface area (Å²) >= 11 is 12.4. The third kappa shape index (κ3) is 6.97. The minimum Gasteiger partial charge on any atom is -0.493 e. The largest absolute Gasteiger partial charge is 0.493 e. The second kappa shape index (κ2) is 13.2. The molecule has 0 bridgehead atoms. The monoisotopic (exact) mass is 597 g/mol. The highest BCUT2D eigenvalue weighted by Crippen LogP contribution is 2.34. The van der Waals surface area contributed by atoms with Gasteiger partial charge in [-0.15, -0.1) is 0 Å². The SMILES string of the molecule is CCCOc1ccc(N2C(=O)NC(=O)/C(=C/c3ccc(OCC(=O)Nc4ccccc4Cl)c(Cl)c3)C2=O)cc1OC. The summed E-state index contributed by atoms with van der Waals surface area (Å²) in [6, 6.07) is 14.9. The van der Waals surface area contributed by atoms with Gasteiger partial charge < -0.3 is 19.5 Å². The van der Waals surface area contributed by atoms with Crippen LogP contribution in [0.4, 0.5) is 16.2 Å². The fraction of sp³-hybridized carbons (Fsp3) is 0.172. The van der Waals surface area contributed by atoms with E-state index in [1.807, 2.05) is 6.92 Å². The van der Waals surface area contributed by atoms with Gasteiger partial charge in [-0.1, -0.05) is 48.3 Å². The Labute approximate surface area is 245 Å². The van der Waals surface area contributed by atoms with Crippen LogP contribution in [0.25, 0.3) is 6.08 Å². The van der Waals surface area contributed by atoms with Gasteiger partial charge in [0.1, 0.15) is 11.3 Å². The van der Waals surface area contributed by atoms with Crippen LogP contribution in [0.2, 0.25) is 10.0 Å². The lowest BCUT2D eigenvalue weighted by molar-refractivity contribution is -0.122. The highest BCUT2D eigenvalue weighted by Gasteiger charge is 2.37. The van der Waals surface area contributed by atoms with Crippen molar-refractivity contribution in [2.75, 3.05) is 30.5 Å². The van der Waals surface area contributed by atoms with Crippen molar-refractivity contribution >= 4 is 64.4 Å². The number of para-hydroxylation sites is 1. The maximum atomic E-state index is 13.3. The number of urea groups is 1. The number of carbonyl (C=O) groups is 4. The molecule has 10 nitrogen and oxygen atoms in total. The molecule has 3 aromatic rings. The average molecular weight is 598 g/mol. The Morgan fingerprint density at radius 1 is 0.951 bits per heavy atom. The summed E-state index contributed by atoms with van der Waals surface area (Å²) in [6.45, 7) is 2.08. The smallest absolute Gasteiger partial charge is 0.335 e. The highest BCUT2D eigenvalue weighted by atomic mass is 35.5. The van der Waals surface area contributed by atoms with Gasteiger partial charge in [0.05, 0.1) is 35.1 Å². The maximum Gasteiger partial charge on any atom is 0.335 e. The summed E-state index contributed by atoms with van der Waals surface area (Å²) in [6.07, 6.45) is 2.08. The number of amides is 5. The first kappa shape index (κ1) is 29.4. The molecule has 1 heterocycles. The Hall–Kier alpha value is -4.54. The van der Waals surface area contributed by atoms with E-state index in [-0.39, 0.29) is 28.6 Å². The lowest BCUT2D eigenvalue weighted by Gasteiger charge is -2.27. The van der Waals surface area contributed by atoms with Gasteiger partial charge in [-0.05, 0) is 54.5 Å². The van der Waals surface area contributed by atoms with Gasteiger partial charge >= 0.3 is 6.03 Å². The van der Waals surface area contributed by atoms with E-state index in [4.69, 9.17) is 37.4 Å². The van der Waals surface area contributed by atoms with Crippen LogP contribution in [0.3, 0.4) is 0 Å². The molecule has 4 rings (SSSR count). The van der Waals surface area contributed by atoms with Crippen LogP contribution < -0.4 is 29.7 Å². The molecule has 0 unspecified atom stereocenters. The van der Waals surface area contributed by atoms with E-state index in [0.717, 1.165) is 11.3 Å². The minimum atomic E-state index is -0.904. The normalized spacial score (nSPS) is 14.1. The number of nitrogens with one attached hydrogen (secondary N) is 2. The molecule has 212 valence electrons. The molecule has 1 fully saturated rings. The first-order valence-corrected chi connectivity index (χ1v) is 13.2. The van der Waals surface area contributed by atoms with Crippen LogP contribution in [0.1, 0.15) is 18.9 Å². The number of methoxy groups -OCH3 is 1. The molecular formula is C29H25Cl2N3O7. The summed E-state index contributed by atoms with van der Waals surface area (Å²) in [5, 5.41) is 5.33. The molecule has 0 spiro atoms. The number of hydrogen-bond donors (Lipinski definition) is 2. The average Bonchev–Trinajstić information content (AvgIpc) is 2.95. The van der Waals surface area contributed by atoms with Crippen molar-refractivity contribution in [3.63, 3.8) is 0 Å². The van der Waals surface area contributed by atoms with Crippen molar-refractivity contribution in [3.8, 4) is 17.2 Å². The van der Waals surface area contributed by atoms with Crippen LogP contribution in [0.15, 0.2) is 66.2 Å². The summed E-state index contributed by atoms with van der Waals surface area (Å²) in [7, 11) is 1.44. The molecule has 0 atom stereocenters. The number of imide groups is 2. The number of hydrogen-bond acceptors (Lipinski definition) is 7. The number of ether oxygens (including phenoxy) is 3. The molecule has 1 saturated heterocycles. The van der Waals surface area contributed by atoms with E-state index in [2.05, 4.69) is 10.6 Å². The van der Waals surface area contributed by atoms with E-state index in [1.54, 1.807) is 36.4 Å². The lowest BCUT2D eigenvalue weighted by Crippen LogP contribution is -2.54. The van der Waals surface area contributed by atoms with Gasteiger partial charge in [-0.2, -0.15) is 0 Å². The third-order valence-electron chi connectivity index (χ3n) is 5.74. The van der Waals surface area contributed by atoms with Gasteiger partial charge in [-0.25, -0.2) is 9.69 Å². The van der Waals surface area contributed by atoms with Crippen LogP contribution in [0.5, 0.6) is 17.2 Å². The van der Waals surface area contributed by atoms with Crippen LogP contribution >= 0.6 is 23.2 Å². The van der Waals surface area contributed by atoms with Crippen molar-refractivity contribution in [2.45, 2.75) is 13.3 Å². The van der Waals surface area contributed by atoms with Gasteiger partial charge in [0.25, 0.3) is 17.7 Å². The topological polar surface area (TPSA) is 123 Å². The molecule has 12 heteroatoms. The highest BCUT2D eigenvalue weighted by molar-refractivity contribution is 6.39. The molecule has 5 amide bonds. The molecule has 1 aliphatic heterocycles. The molecule has 1 aliphatic rings. The molecule has 3 aromatic carbocycles. The van der Waals surface area contributed by atoms with Gasteiger partial charge in [-0.3, -0.25) is 19.7 Å². The molecule has 0 aromatic heterocycles. The minimum absolute atomic E-state index is 0.133. The zero-order valence-electron chi connectivity index (χ0n) is 22.0. The van der Waals surface area contributed by atoms with E-state index < -0.39 is 23.8 Å². The Morgan fingerprint density at radius 3 is 2.41 bits per heavy atom. The summed E-state index contributed by atoms with van der Waals surface area (Å²) < 4.78 is 16.5. The molecule has 0 saturated carbocycles. The van der Waals surface area contributed by atoms with Crippen molar-refractivity contribution in [2.24, 2.45) is 0 Å². The fourth-order valence-corrected chi connectivity index (χ4v) is 4.23. The second-order valence-corrected chi connectivity index (χ2v) is 9.46. The Bertz CT molecular complexity index is 1540. The first-order chi connectivity index (χ1) is 19.7. The van der Waals surface area contributed by atoms with Crippen molar-refractivity contribution in [1.29, 1.82) is 0 Å². The Morgan fingerprint density at radius 2 is 1.71 bits per heavy atom. The Kier molecular flexibility index (Phi) is 9.49. The van der Waals surface area contributed by atoms with Crippen LogP contribution in [-0.2, 0) is 14.4 Å². The molecule has 41 heavy (non-hydrogen) atoms. The summed E-state index contributed by atoms with van der Waals surface area (Å²) in [5.41, 5.74) is 0.719.